The van der Waals surface area contributed by atoms with E-state index in [0.29, 0.717) is 29.7 Å². The van der Waals surface area contributed by atoms with Gasteiger partial charge in [-0.05, 0) is 47.3 Å². The Morgan fingerprint density at radius 1 is 1.38 bits per heavy atom. The quantitative estimate of drug-likeness (QED) is 0.841. The van der Waals surface area contributed by atoms with Crippen LogP contribution in [0.5, 0.6) is 11.5 Å². The van der Waals surface area contributed by atoms with Crippen LogP contribution in [-0.4, -0.2) is 25.7 Å². The molecule has 1 aromatic rings. The van der Waals surface area contributed by atoms with E-state index in [1.807, 2.05) is 6.92 Å². The topological polar surface area (TPSA) is 47.6 Å². The summed E-state index contributed by atoms with van der Waals surface area (Å²) in [5.41, 5.74) is 0.592. The Labute approximate surface area is 134 Å². The zero-order valence-corrected chi connectivity index (χ0v) is 14.2. The van der Waals surface area contributed by atoms with E-state index in [1.54, 1.807) is 19.2 Å². The van der Waals surface area contributed by atoms with Crippen molar-refractivity contribution in [2.45, 2.75) is 45.1 Å². The molecule has 0 heterocycles. The molecule has 2 rings (SSSR count). The molecule has 1 aromatic carbocycles. The van der Waals surface area contributed by atoms with Gasteiger partial charge in [-0.15, -0.1) is 0 Å². The van der Waals surface area contributed by atoms with Crippen molar-refractivity contribution in [2.24, 2.45) is 0 Å². The first-order chi connectivity index (χ1) is 10.2. The first-order valence-corrected chi connectivity index (χ1v) is 8.26. The molecule has 1 saturated carbocycles. The number of ether oxygens (including phenoxy) is 2. The number of methoxy groups -OCH3 is 1. The molecule has 0 atom stereocenters. The maximum absolute atomic E-state index is 12.3. The van der Waals surface area contributed by atoms with E-state index < -0.39 is 0 Å². The minimum absolute atomic E-state index is 0.0528. The van der Waals surface area contributed by atoms with Crippen LogP contribution in [0.2, 0.25) is 0 Å². The summed E-state index contributed by atoms with van der Waals surface area (Å²) in [6, 6.07) is 3.83. The first kappa shape index (κ1) is 16.1. The molecule has 0 radical (unpaired) electrons. The van der Waals surface area contributed by atoms with Crippen LogP contribution in [0.15, 0.2) is 16.6 Å². The number of halogens is 1. The van der Waals surface area contributed by atoms with Gasteiger partial charge in [-0.25, -0.2) is 0 Å². The van der Waals surface area contributed by atoms with Crippen LogP contribution in [0.4, 0.5) is 0 Å². The van der Waals surface area contributed by atoms with Crippen molar-refractivity contribution in [1.29, 1.82) is 0 Å². The van der Waals surface area contributed by atoms with Crippen molar-refractivity contribution in [3.8, 4) is 11.5 Å². The lowest BCUT2D eigenvalue weighted by Gasteiger charge is -2.15. The molecule has 0 bridgehead atoms. The monoisotopic (exact) mass is 355 g/mol. The second-order valence-corrected chi connectivity index (χ2v) is 6.15. The highest BCUT2D eigenvalue weighted by Gasteiger charge is 2.20. The maximum atomic E-state index is 12.3. The Balaban J connectivity index is 2.16. The molecular weight excluding hydrogens is 334 g/mol. The number of rotatable bonds is 6. The smallest absolute Gasteiger partial charge is 0.251 e. The normalized spacial score (nSPS) is 15.0. The number of benzene rings is 1. The molecule has 4 nitrogen and oxygen atoms in total. The molecule has 1 aliphatic carbocycles. The Morgan fingerprint density at radius 2 is 2.10 bits per heavy atom. The fourth-order valence-electron chi connectivity index (χ4n) is 2.53. The van der Waals surface area contributed by atoms with Gasteiger partial charge in [0.05, 0.1) is 18.2 Å². The van der Waals surface area contributed by atoms with Crippen molar-refractivity contribution in [1.82, 2.24) is 5.32 Å². The third-order valence-electron chi connectivity index (χ3n) is 3.63. The summed E-state index contributed by atoms with van der Waals surface area (Å²) in [7, 11) is 1.58. The Kier molecular flexibility index (Phi) is 5.91. The van der Waals surface area contributed by atoms with Crippen molar-refractivity contribution in [3.63, 3.8) is 0 Å². The molecule has 5 heteroatoms. The lowest BCUT2D eigenvalue weighted by molar-refractivity contribution is 0.0937. The Bertz CT molecular complexity index is 499. The third kappa shape index (κ3) is 4.13. The fraction of sp³-hybridized carbons (Fsp3) is 0.562. The molecule has 0 aliphatic heterocycles. The molecule has 1 amide bonds. The molecule has 0 spiro atoms. The lowest BCUT2D eigenvalue weighted by atomic mass is 10.1. The van der Waals surface area contributed by atoms with Crippen molar-refractivity contribution in [3.05, 3.63) is 22.2 Å². The average molecular weight is 356 g/mol. The number of nitrogens with one attached hydrogen (secondary N) is 1. The highest BCUT2D eigenvalue weighted by Crippen LogP contribution is 2.36. The largest absolute Gasteiger partial charge is 0.493 e. The predicted octanol–water partition coefficient (Wildman–Crippen LogP) is 3.92. The summed E-state index contributed by atoms with van der Waals surface area (Å²) in [4.78, 5) is 12.3. The van der Waals surface area contributed by atoms with Gasteiger partial charge >= 0.3 is 0 Å². The Hall–Kier alpha value is -1.23. The SMILES string of the molecule is CCCOc1c(Br)cc(C(=O)NC2CCCC2)cc1OC. The molecular formula is C16H22BrNO3. The van der Waals surface area contributed by atoms with E-state index in [1.165, 1.54) is 12.8 Å². The number of amides is 1. The first-order valence-electron chi connectivity index (χ1n) is 7.47. The molecule has 1 aliphatic rings. The van der Waals surface area contributed by atoms with Gasteiger partial charge in [0.2, 0.25) is 0 Å². The minimum Gasteiger partial charge on any atom is -0.493 e. The van der Waals surface area contributed by atoms with Gasteiger partial charge in [0.25, 0.3) is 5.91 Å². The average Bonchev–Trinajstić information content (AvgIpc) is 2.98. The van der Waals surface area contributed by atoms with Crippen LogP contribution in [0.1, 0.15) is 49.4 Å². The van der Waals surface area contributed by atoms with Crippen LogP contribution in [0, 0.1) is 0 Å². The fourth-order valence-corrected chi connectivity index (χ4v) is 3.09. The Morgan fingerprint density at radius 3 is 2.71 bits per heavy atom. The zero-order valence-electron chi connectivity index (χ0n) is 12.6. The standard InChI is InChI=1S/C16H22BrNO3/c1-3-8-21-15-13(17)9-11(10-14(15)20-2)16(19)18-12-6-4-5-7-12/h9-10,12H,3-8H2,1-2H3,(H,18,19). The molecule has 0 aromatic heterocycles. The molecule has 0 saturated heterocycles. The number of hydrogen-bond donors (Lipinski definition) is 1. The second-order valence-electron chi connectivity index (χ2n) is 5.29. The van der Waals surface area contributed by atoms with Gasteiger partial charge in [0, 0.05) is 11.6 Å². The van der Waals surface area contributed by atoms with E-state index >= 15 is 0 Å². The highest BCUT2D eigenvalue weighted by atomic mass is 79.9. The molecule has 116 valence electrons. The number of hydrogen-bond acceptors (Lipinski definition) is 3. The highest BCUT2D eigenvalue weighted by molar-refractivity contribution is 9.10. The molecule has 21 heavy (non-hydrogen) atoms. The van der Waals surface area contributed by atoms with E-state index in [4.69, 9.17) is 9.47 Å². The van der Waals surface area contributed by atoms with Gasteiger partial charge in [-0.1, -0.05) is 19.8 Å². The lowest BCUT2D eigenvalue weighted by Crippen LogP contribution is -2.32. The summed E-state index contributed by atoms with van der Waals surface area (Å²) in [5, 5.41) is 3.08. The van der Waals surface area contributed by atoms with Crippen LogP contribution in [-0.2, 0) is 0 Å². The number of carbonyl (C=O) groups excluding carboxylic acids is 1. The summed E-state index contributed by atoms with van der Waals surface area (Å²) < 4.78 is 11.8. The maximum Gasteiger partial charge on any atom is 0.251 e. The second kappa shape index (κ2) is 7.69. The predicted molar refractivity (Wildman–Crippen MR) is 86.2 cm³/mol. The van der Waals surface area contributed by atoms with Crippen LogP contribution < -0.4 is 14.8 Å². The number of carbonyl (C=O) groups is 1. The van der Waals surface area contributed by atoms with E-state index in [0.717, 1.165) is 23.7 Å². The van der Waals surface area contributed by atoms with Crippen LogP contribution in [0.25, 0.3) is 0 Å². The summed E-state index contributed by atoms with van der Waals surface area (Å²) in [5.74, 6) is 1.18. The minimum atomic E-state index is -0.0528. The van der Waals surface area contributed by atoms with Gasteiger partial charge in [-0.2, -0.15) is 0 Å². The van der Waals surface area contributed by atoms with Crippen molar-refractivity contribution >= 4 is 21.8 Å². The molecule has 0 unspecified atom stereocenters. The summed E-state index contributed by atoms with van der Waals surface area (Å²) in [6.45, 7) is 2.66. The summed E-state index contributed by atoms with van der Waals surface area (Å²) in [6.07, 6.45) is 5.45. The molecule has 1 N–H and O–H groups in total. The van der Waals surface area contributed by atoms with E-state index in [-0.39, 0.29) is 5.91 Å². The van der Waals surface area contributed by atoms with Gasteiger partial charge in [0.1, 0.15) is 0 Å². The van der Waals surface area contributed by atoms with Gasteiger partial charge < -0.3 is 14.8 Å². The third-order valence-corrected chi connectivity index (χ3v) is 4.22. The molecule has 1 fully saturated rings. The summed E-state index contributed by atoms with van der Waals surface area (Å²) >= 11 is 3.47. The zero-order chi connectivity index (χ0) is 15.2. The van der Waals surface area contributed by atoms with Gasteiger partial charge in [0.15, 0.2) is 11.5 Å². The van der Waals surface area contributed by atoms with Crippen molar-refractivity contribution in [2.75, 3.05) is 13.7 Å². The van der Waals surface area contributed by atoms with E-state index in [9.17, 15) is 4.79 Å². The van der Waals surface area contributed by atoms with Crippen LogP contribution in [0.3, 0.4) is 0 Å². The van der Waals surface area contributed by atoms with E-state index in [2.05, 4.69) is 21.2 Å². The van der Waals surface area contributed by atoms with Crippen LogP contribution >= 0.6 is 15.9 Å². The van der Waals surface area contributed by atoms with Gasteiger partial charge in [-0.3, -0.25) is 4.79 Å². The van der Waals surface area contributed by atoms with Crippen molar-refractivity contribution < 1.29 is 14.3 Å².